The molecule has 2 unspecified atom stereocenters. The maximum absolute atomic E-state index is 13.1. The lowest BCUT2D eigenvalue weighted by molar-refractivity contribution is -0.136. The minimum absolute atomic E-state index is 0.131. The zero-order valence-electron chi connectivity index (χ0n) is 36.8. The standard InChI is InChI=1S/C47H60F3N9O5/c1-31(33-8-10-34(11-9-33)38-30-58(35-12-14-36(60)15-13-35)43-37(38)29-52-45(54-43)51-20-19-47(48,49)50)57-24-22-56(23-25-57)21-3-4-26-64-27-5-6-32-7-16-39-41(28-32)55(2)46(63)59(39)40-17-18-42(61)53-44(40)62/h7-11,16,28-31,35-36,40,60H,3-6,12-15,17-27H2,1-2H3,(H,51,52,54)(H,53,61,62)/t31?,35-,36-,40?. The van der Waals surface area contributed by atoms with E-state index in [4.69, 9.17) is 9.72 Å². The highest BCUT2D eigenvalue weighted by Crippen LogP contribution is 2.37. The van der Waals surface area contributed by atoms with Crippen molar-refractivity contribution in [1.29, 1.82) is 0 Å². The molecular weight excluding hydrogens is 828 g/mol. The number of rotatable bonds is 17. The topological polar surface area (TPSA) is 152 Å². The monoisotopic (exact) mass is 887 g/mol. The number of piperazine rings is 1. The van der Waals surface area contributed by atoms with E-state index in [0.29, 0.717) is 37.0 Å². The largest absolute Gasteiger partial charge is 0.393 e. The number of piperidine rings is 1. The predicted molar refractivity (Wildman–Crippen MR) is 239 cm³/mol. The summed E-state index contributed by atoms with van der Waals surface area (Å²) < 4.78 is 49.6. The Morgan fingerprint density at radius 2 is 1.69 bits per heavy atom. The van der Waals surface area contributed by atoms with Gasteiger partial charge in [-0.1, -0.05) is 30.3 Å². The average molecular weight is 888 g/mol. The Kier molecular flexibility index (Phi) is 14.2. The van der Waals surface area contributed by atoms with Crippen molar-refractivity contribution in [2.45, 2.75) is 108 Å². The fourth-order valence-electron chi connectivity index (χ4n) is 9.62. The van der Waals surface area contributed by atoms with Crippen molar-refractivity contribution in [3.8, 4) is 11.1 Å². The summed E-state index contributed by atoms with van der Waals surface area (Å²) in [5, 5.41) is 16.1. The number of aliphatic hydroxyl groups excluding tert-OH is 1. The minimum Gasteiger partial charge on any atom is -0.393 e. The summed E-state index contributed by atoms with van der Waals surface area (Å²) in [6.45, 7) is 8.38. The fourth-order valence-corrected chi connectivity index (χ4v) is 9.62. The van der Waals surface area contributed by atoms with Crippen LogP contribution < -0.4 is 16.3 Å². The van der Waals surface area contributed by atoms with Gasteiger partial charge in [-0.05, 0) is 100 Å². The number of hydrogen-bond acceptors (Lipinski definition) is 10. The first-order valence-electron chi connectivity index (χ1n) is 22.9. The first kappa shape index (κ1) is 45.5. The third-order valence-corrected chi connectivity index (χ3v) is 13.4. The molecule has 0 radical (unpaired) electrons. The highest BCUT2D eigenvalue weighted by molar-refractivity contribution is 6.00. The Labute approximate surface area is 370 Å². The first-order valence-corrected chi connectivity index (χ1v) is 22.9. The molecular formula is C47H60F3N9O5. The van der Waals surface area contributed by atoms with Gasteiger partial charge in [-0.15, -0.1) is 0 Å². The number of aliphatic hydroxyl groups is 1. The molecule has 0 bridgehead atoms. The molecule has 5 heterocycles. The molecule has 344 valence electrons. The van der Waals surface area contributed by atoms with Crippen LogP contribution in [0, 0.1) is 0 Å². The molecule has 2 amide bonds. The highest BCUT2D eigenvalue weighted by Gasteiger charge is 2.32. The molecule has 1 saturated carbocycles. The van der Waals surface area contributed by atoms with Crippen LogP contribution in [0.4, 0.5) is 19.1 Å². The molecule has 1 aliphatic carbocycles. The van der Waals surface area contributed by atoms with Crippen molar-refractivity contribution in [2.24, 2.45) is 7.05 Å². The zero-order chi connectivity index (χ0) is 45.0. The van der Waals surface area contributed by atoms with Gasteiger partial charge in [0.1, 0.15) is 11.7 Å². The number of anilines is 1. The maximum atomic E-state index is 13.1. The van der Waals surface area contributed by atoms with E-state index in [1.165, 1.54) is 10.1 Å². The van der Waals surface area contributed by atoms with Crippen LogP contribution in [-0.4, -0.2) is 115 Å². The van der Waals surface area contributed by atoms with Crippen LogP contribution in [0.15, 0.2) is 59.7 Å². The number of imide groups is 1. The third-order valence-electron chi connectivity index (χ3n) is 13.4. The normalized spacial score (nSPS) is 20.9. The Morgan fingerprint density at radius 1 is 0.938 bits per heavy atom. The molecule has 3 aromatic heterocycles. The average Bonchev–Trinajstić information content (AvgIpc) is 3.77. The Balaban J connectivity index is 0.768. The number of hydrogen-bond donors (Lipinski definition) is 3. The van der Waals surface area contributed by atoms with Crippen LogP contribution in [0.25, 0.3) is 33.2 Å². The van der Waals surface area contributed by atoms with E-state index in [-0.39, 0.29) is 48.7 Å². The summed E-state index contributed by atoms with van der Waals surface area (Å²) in [4.78, 5) is 51.4. The number of amides is 2. The van der Waals surface area contributed by atoms with Gasteiger partial charge in [0.05, 0.1) is 23.6 Å². The van der Waals surface area contributed by atoms with E-state index in [2.05, 4.69) is 67.4 Å². The van der Waals surface area contributed by atoms with Gasteiger partial charge in [0, 0.05) is 94.8 Å². The van der Waals surface area contributed by atoms with E-state index < -0.39 is 24.5 Å². The van der Waals surface area contributed by atoms with Gasteiger partial charge in [-0.2, -0.15) is 18.2 Å². The number of carbonyl (C=O) groups excluding carboxylic acids is 2. The third kappa shape index (κ3) is 10.5. The molecule has 64 heavy (non-hydrogen) atoms. The molecule has 3 aliphatic rings. The highest BCUT2D eigenvalue weighted by atomic mass is 19.4. The number of nitrogens with one attached hydrogen (secondary N) is 2. The Bertz CT molecular complexity index is 2470. The van der Waals surface area contributed by atoms with Crippen molar-refractivity contribution in [3.63, 3.8) is 0 Å². The number of carbonyl (C=O) groups is 2. The number of aryl methyl sites for hydroxylation is 2. The van der Waals surface area contributed by atoms with Crippen molar-refractivity contribution < 1.29 is 32.6 Å². The summed E-state index contributed by atoms with van der Waals surface area (Å²) in [5.74, 6) is -0.566. The van der Waals surface area contributed by atoms with Crippen LogP contribution >= 0.6 is 0 Å². The van der Waals surface area contributed by atoms with Gasteiger partial charge in [0.2, 0.25) is 17.8 Å². The predicted octanol–water partition coefficient (Wildman–Crippen LogP) is 6.68. The van der Waals surface area contributed by atoms with E-state index in [0.717, 1.165) is 105 Å². The van der Waals surface area contributed by atoms with Crippen molar-refractivity contribution >= 4 is 39.8 Å². The first-order chi connectivity index (χ1) is 30.8. The van der Waals surface area contributed by atoms with Crippen molar-refractivity contribution in [3.05, 3.63) is 76.5 Å². The van der Waals surface area contributed by atoms with Gasteiger partial charge in [-0.3, -0.25) is 28.9 Å². The molecule has 2 atom stereocenters. The number of nitrogens with zero attached hydrogens (tertiary/aromatic N) is 7. The van der Waals surface area contributed by atoms with Gasteiger partial charge in [-0.25, -0.2) is 9.78 Å². The van der Waals surface area contributed by atoms with Crippen molar-refractivity contribution in [1.82, 2.24) is 38.8 Å². The minimum atomic E-state index is -4.26. The molecule has 14 nitrogen and oxygen atoms in total. The number of alkyl halides is 3. The number of aromatic nitrogens is 5. The summed E-state index contributed by atoms with van der Waals surface area (Å²) >= 11 is 0. The molecule has 3 fully saturated rings. The maximum Gasteiger partial charge on any atom is 0.390 e. The zero-order valence-corrected chi connectivity index (χ0v) is 36.8. The number of imidazole rings is 1. The summed E-state index contributed by atoms with van der Waals surface area (Å²) in [6.07, 6.45) is 5.51. The number of benzene rings is 2. The fraction of sp³-hybridized carbons (Fsp3) is 0.553. The molecule has 2 aliphatic heterocycles. The van der Waals surface area contributed by atoms with E-state index in [1.807, 2.05) is 18.2 Å². The summed E-state index contributed by atoms with van der Waals surface area (Å²) in [5.41, 5.74) is 6.23. The molecule has 5 aromatic rings. The molecule has 17 heteroatoms. The second-order valence-corrected chi connectivity index (χ2v) is 17.7. The van der Waals surface area contributed by atoms with Gasteiger partial charge in [0.15, 0.2) is 0 Å². The molecule has 2 aromatic carbocycles. The second kappa shape index (κ2) is 20.0. The van der Waals surface area contributed by atoms with Crippen LogP contribution in [0.3, 0.4) is 0 Å². The SMILES string of the molecule is CC(c1ccc(-c2cn([C@H]3CC[C@H](O)CC3)c3nc(NCCC(F)(F)F)ncc23)cc1)N1CCN(CCCCOCCCc2ccc3c(c2)n(C)c(=O)n3C2CCC(=O)NC2=O)CC1. The van der Waals surface area contributed by atoms with Crippen LogP contribution in [0.1, 0.15) is 100 Å². The van der Waals surface area contributed by atoms with Gasteiger partial charge in [0.25, 0.3) is 0 Å². The molecule has 8 rings (SSSR count). The quantitative estimate of drug-likeness (QED) is 0.0682. The van der Waals surface area contributed by atoms with E-state index in [9.17, 15) is 32.7 Å². The lowest BCUT2D eigenvalue weighted by Crippen LogP contribution is -2.47. The van der Waals surface area contributed by atoms with Gasteiger partial charge < -0.3 is 24.6 Å². The Morgan fingerprint density at radius 3 is 2.42 bits per heavy atom. The van der Waals surface area contributed by atoms with Crippen LogP contribution in [0.2, 0.25) is 0 Å². The number of ether oxygens (including phenoxy) is 1. The van der Waals surface area contributed by atoms with E-state index >= 15 is 0 Å². The molecule has 3 N–H and O–H groups in total. The number of fused-ring (bicyclic) bond motifs is 2. The van der Waals surface area contributed by atoms with Gasteiger partial charge >= 0.3 is 11.9 Å². The lowest BCUT2D eigenvalue weighted by Gasteiger charge is -2.38. The van der Waals surface area contributed by atoms with Crippen LogP contribution in [0.5, 0.6) is 0 Å². The molecule has 0 spiro atoms. The number of halogens is 3. The Hall–Kier alpha value is -5.10. The molecule has 2 saturated heterocycles. The second-order valence-electron chi connectivity index (χ2n) is 17.7. The number of unbranched alkanes of at least 4 members (excludes halogenated alkanes) is 1. The lowest BCUT2D eigenvalue weighted by atomic mass is 9.93. The summed E-state index contributed by atoms with van der Waals surface area (Å²) in [6, 6.07) is 14.2. The van der Waals surface area contributed by atoms with Crippen LogP contribution in [-0.2, 0) is 27.8 Å². The summed E-state index contributed by atoms with van der Waals surface area (Å²) in [7, 11) is 1.71. The smallest absolute Gasteiger partial charge is 0.390 e. The van der Waals surface area contributed by atoms with Crippen molar-refractivity contribution in [2.75, 3.05) is 57.8 Å². The van der Waals surface area contributed by atoms with E-state index in [1.54, 1.807) is 17.8 Å².